The molecule has 0 unspecified atom stereocenters. The highest BCUT2D eigenvalue weighted by molar-refractivity contribution is 6.07. The van der Waals surface area contributed by atoms with E-state index in [1.54, 1.807) is 11.9 Å². The van der Waals surface area contributed by atoms with Gasteiger partial charge in [0.2, 0.25) is 11.8 Å². The van der Waals surface area contributed by atoms with Crippen molar-refractivity contribution in [1.82, 2.24) is 4.90 Å². The molecule has 2 amide bonds. The Morgan fingerprint density at radius 1 is 1.44 bits per heavy atom. The Hall–Kier alpha value is -1.84. The van der Waals surface area contributed by atoms with Crippen molar-refractivity contribution < 1.29 is 9.59 Å². The van der Waals surface area contributed by atoms with Gasteiger partial charge in [-0.05, 0) is 24.5 Å². The number of nitrogens with one attached hydrogen (secondary N) is 1. The van der Waals surface area contributed by atoms with Crippen LogP contribution in [0.4, 0.5) is 5.69 Å². The summed E-state index contributed by atoms with van der Waals surface area (Å²) in [5.41, 5.74) is 1.90. The molecule has 2 rings (SSSR count). The first-order valence-corrected chi connectivity index (χ1v) is 6.27. The number of nitrogens with zero attached hydrogens (tertiary/aromatic N) is 1. The van der Waals surface area contributed by atoms with E-state index < -0.39 is 5.92 Å². The van der Waals surface area contributed by atoms with Crippen LogP contribution in [0.1, 0.15) is 18.9 Å². The normalized spacial score (nSPS) is 19.1. The maximum absolute atomic E-state index is 12.1. The van der Waals surface area contributed by atoms with Gasteiger partial charge in [-0.15, -0.1) is 0 Å². The molecule has 0 bridgehead atoms. The Morgan fingerprint density at radius 3 is 2.78 bits per heavy atom. The van der Waals surface area contributed by atoms with E-state index in [0.717, 1.165) is 17.7 Å². The Labute approximate surface area is 107 Å². The molecule has 0 radical (unpaired) electrons. The first-order chi connectivity index (χ1) is 8.63. The molecule has 0 spiro atoms. The van der Waals surface area contributed by atoms with Gasteiger partial charge >= 0.3 is 0 Å². The van der Waals surface area contributed by atoms with Crippen molar-refractivity contribution in [3.63, 3.8) is 0 Å². The number of benzene rings is 1. The lowest BCUT2D eigenvalue weighted by molar-refractivity contribution is -0.134. The van der Waals surface area contributed by atoms with Crippen LogP contribution in [0.5, 0.6) is 0 Å². The van der Waals surface area contributed by atoms with Gasteiger partial charge in [-0.2, -0.15) is 0 Å². The first-order valence-electron chi connectivity index (χ1n) is 6.27. The zero-order valence-corrected chi connectivity index (χ0v) is 10.8. The van der Waals surface area contributed by atoms with Crippen molar-refractivity contribution in [2.75, 3.05) is 18.9 Å². The molecule has 1 aromatic carbocycles. The molecule has 1 saturated heterocycles. The van der Waals surface area contributed by atoms with E-state index in [4.69, 9.17) is 0 Å². The predicted octanol–water partition coefficient (Wildman–Crippen LogP) is 1.67. The number of hydrogen-bond donors (Lipinski definition) is 1. The topological polar surface area (TPSA) is 49.4 Å². The van der Waals surface area contributed by atoms with Crippen molar-refractivity contribution >= 4 is 17.5 Å². The summed E-state index contributed by atoms with van der Waals surface area (Å²) < 4.78 is 0. The molecule has 0 aliphatic carbocycles. The molecule has 1 fully saturated rings. The van der Waals surface area contributed by atoms with E-state index in [2.05, 4.69) is 5.32 Å². The Balaban J connectivity index is 2.10. The molecule has 4 nitrogen and oxygen atoms in total. The van der Waals surface area contributed by atoms with E-state index in [0.29, 0.717) is 13.0 Å². The summed E-state index contributed by atoms with van der Waals surface area (Å²) in [7, 11) is 1.73. The minimum Gasteiger partial charge on any atom is -0.345 e. The maximum Gasteiger partial charge on any atom is 0.237 e. The zero-order chi connectivity index (χ0) is 13.1. The van der Waals surface area contributed by atoms with E-state index in [1.807, 2.05) is 31.2 Å². The Bertz CT molecular complexity index is 471. The third-order valence-electron chi connectivity index (χ3n) is 3.40. The van der Waals surface area contributed by atoms with Gasteiger partial charge in [0.15, 0.2) is 0 Å². The summed E-state index contributed by atoms with van der Waals surface area (Å²) >= 11 is 0. The van der Waals surface area contributed by atoms with E-state index in [9.17, 15) is 9.59 Å². The number of para-hydroxylation sites is 1. The number of likely N-dealkylation sites (tertiary alicyclic amines) is 1. The van der Waals surface area contributed by atoms with Gasteiger partial charge in [0.25, 0.3) is 0 Å². The predicted molar refractivity (Wildman–Crippen MR) is 70.2 cm³/mol. The monoisotopic (exact) mass is 246 g/mol. The number of amides is 2. The van der Waals surface area contributed by atoms with Crippen LogP contribution in [0, 0.1) is 5.92 Å². The molecule has 1 aliphatic heterocycles. The van der Waals surface area contributed by atoms with Crippen LogP contribution in [0.15, 0.2) is 24.3 Å². The van der Waals surface area contributed by atoms with Crippen molar-refractivity contribution in [2.45, 2.75) is 19.8 Å². The van der Waals surface area contributed by atoms with Crippen LogP contribution >= 0.6 is 0 Å². The highest BCUT2D eigenvalue weighted by atomic mass is 16.2. The fourth-order valence-corrected chi connectivity index (χ4v) is 2.24. The second-order valence-corrected chi connectivity index (χ2v) is 4.60. The molecule has 1 aromatic rings. The summed E-state index contributed by atoms with van der Waals surface area (Å²) in [6, 6.07) is 7.69. The highest BCUT2D eigenvalue weighted by Gasteiger charge is 2.34. The van der Waals surface area contributed by atoms with Crippen LogP contribution in [0.3, 0.4) is 0 Å². The van der Waals surface area contributed by atoms with Gasteiger partial charge in [0.05, 0.1) is 0 Å². The average Bonchev–Trinajstić information content (AvgIpc) is 2.71. The third-order valence-corrected chi connectivity index (χ3v) is 3.40. The number of carbonyl (C=O) groups is 2. The molecule has 96 valence electrons. The molecule has 1 heterocycles. The van der Waals surface area contributed by atoms with Crippen LogP contribution in [0.2, 0.25) is 0 Å². The molecule has 1 atom stereocenters. The van der Waals surface area contributed by atoms with E-state index in [1.165, 1.54) is 0 Å². The van der Waals surface area contributed by atoms with Gasteiger partial charge in [0.1, 0.15) is 5.92 Å². The summed E-state index contributed by atoms with van der Waals surface area (Å²) in [5, 5.41) is 2.87. The lowest BCUT2D eigenvalue weighted by Crippen LogP contribution is -2.31. The second-order valence-electron chi connectivity index (χ2n) is 4.60. The van der Waals surface area contributed by atoms with E-state index in [-0.39, 0.29) is 11.8 Å². The van der Waals surface area contributed by atoms with Gasteiger partial charge in [-0.1, -0.05) is 25.1 Å². The number of aryl methyl sites for hydroxylation is 1. The third kappa shape index (κ3) is 2.37. The van der Waals surface area contributed by atoms with Crippen molar-refractivity contribution in [3.8, 4) is 0 Å². The number of hydrogen-bond acceptors (Lipinski definition) is 2. The molecule has 0 aromatic heterocycles. The lowest BCUT2D eigenvalue weighted by Gasteiger charge is -2.13. The van der Waals surface area contributed by atoms with Crippen molar-refractivity contribution in [2.24, 2.45) is 5.92 Å². The maximum atomic E-state index is 12.1. The Kier molecular flexibility index (Phi) is 3.65. The quantitative estimate of drug-likeness (QED) is 0.825. The van der Waals surface area contributed by atoms with Crippen LogP contribution in [-0.2, 0) is 16.0 Å². The summed E-state index contributed by atoms with van der Waals surface area (Å²) in [6.45, 7) is 2.70. The SMILES string of the molecule is CCc1ccccc1NC(=O)[C@@H]1CCN(C)C1=O. The van der Waals surface area contributed by atoms with Gasteiger partial charge in [-0.25, -0.2) is 0 Å². The van der Waals surface area contributed by atoms with Gasteiger partial charge < -0.3 is 10.2 Å². The summed E-state index contributed by atoms with van der Waals surface area (Å²) in [4.78, 5) is 25.4. The zero-order valence-electron chi connectivity index (χ0n) is 10.8. The average molecular weight is 246 g/mol. The smallest absolute Gasteiger partial charge is 0.237 e. The van der Waals surface area contributed by atoms with Gasteiger partial charge in [0, 0.05) is 19.3 Å². The largest absolute Gasteiger partial charge is 0.345 e. The number of carbonyl (C=O) groups excluding carboxylic acids is 2. The molecule has 1 aliphatic rings. The fourth-order valence-electron chi connectivity index (χ4n) is 2.24. The molecule has 18 heavy (non-hydrogen) atoms. The highest BCUT2D eigenvalue weighted by Crippen LogP contribution is 2.21. The minimum atomic E-state index is -0.528. The second kappa shape index (κ2) is 5.21. The van der Waals surface area contributed by atoms with Gasteiger partial charge in [-0.3, -0.25) is 9.59 Å². The summed E-state index contributed by atoms with van der Waals surface area (Å²) in [6.07, 6.45) is 1.46. The van der Waals surface area contributed by atoms with Crippen LogP contribution in [-0.4, -0.2) is 30.3 Å². The minimum absolute atomic E-state index is 0.0820. The molecule has 1 N–H and O–H groups in total. The number of rotatable bonds is 3. The van der Waals surface area contributed by atoms with Crippen molar-refractivity contribution in [3.05, 3.63) is 29.8 Å². The van der Waals surface area contributed by atoms with Crippen molar-refractivity contribution in [1.29, 1.82) is 0 Å². The molecular weight excluding hydrogens is 228 g/mol. The first kappa shape index (κ1) is 12.6. The van der Waals surface area contributed by atoms with Crippen LogP contribution < -0.4 is 5.32 Å². The standard InChI is InChI=1S/C14H18N2O2/c1-3-10-6-4-5-7-12(10)15-13(17)11-8-9-16(2)14(11)18/h4-7,11H,3,8-9H2,1-2H3,(H,15,17)/t11-/m0/s1. The molecule has 4 heteroatoms. The van der Waals surface area contributed by atoms with Crippen LogP contribution in [0.25, 0.3) is 0 Å². The molecule has 0 saturated carbocycles. The fraction of sp³-hybridized carbons (Fsp3) is 0.429. The van der Waals surface area contributed by atoms with E-state index >= 15 is 0 Å². The summed E-state index contributed by atoms with van der Waals surface area (Å²) in [5.74, 6) is -0.799. The lowest BCUT2D eigenvalue weighted by atomic mass is 10.1. The number of anilines is 1. The Morgan fingerprint density at radius 2 is 2.17 bits per heavy atom. The molecular formula is C14H18N2O2.